The maximum Gasteiger partial charge on any atom is 0.251 e. The third-order valence-corrected chi connectivity index (χ3v) is 5.01. The van der Waals surface area contributed by atoms with Crippen molar-refractivity contribution in [2.75, 3.05) is 38.5 Å². The highest BCUT2D eigenvalue weighted by molar-refractivity contribution is 5.95. The number of fused-ring (bicyclic) bond motifs is 1. The lowest BCUT2D eigenvalue weighted by Crippen LogP contribution is -2.46. The highest BCUT2D eigenvalue weighted by Crippen LogP contribution is 2.19. The third kappa shape index (κ3) is 4.99. The first-order chi connectivity index (χ1) is 12.5. The van der Waals surface area contributed by atoms with Gasteiger partial charge in [0.2, 0.25) is 5.91 Å². The van der Waals surface area contributed by atoms with Crippen LogP contribution in [0.3, 0.4) is 0 Å². The Bertz CT molecular complexity index is 745. The van der Waals surface area contributed by atoms with E-state index in [4.69, 9.17) is 0 Å². The number of likely N-dealkylation sites (tertiary alicyclic amines) is 1. The quantitative estimate of drug-likeness (QED) is 0.856. The number of hydrogen-bond donors (Lipinski definition) is 1. The van der Waals surface area contributed by atoms with Crippen LogP contribution < -0.4 is 5.32 Å². The van der Waals surface area contributed by atoms with Gasteiger partial charge in [0.1, 0.15) is 0 Å². The van der Waals surface area contributed by atoms with E-state index in [1.165, 1.54) is 0 Å². The van der Waals surface area contributed by atoms with Crippen LogP contribution in [0.25, 0.3) is 10.8 Å². The Morgan fingerprint density at radius 1 is 1.19 bits per heavy atom. The fraction of sp³-hybridized carbons (Fsp3) is 0.450. The number of piperidine rings is 1. The molecular weight excluding hydrogens is 336 g/mol. The van der Waals surface area contributed by atoms with Gasteiger partial charge in [-0.05, 0) is 42.8 Å². The number of carbonyl (C=O) groups excluding carboxylic acids is 1. The molecule has 0 atom stereocenters. The summed E-state index contributed by atoms with van der Waals surface area (Å²) in [4.78, 5) is 16.1. The highest BCUT2D eigenvalue weighted by atomic mass is 19.3. The Morgan fingerprint density at radius 3 is 2.58 bits per heavy atom. The summed E-state index contributed by atoms with van der Waals surface area (Å²) < 4.78 is 25.0. The molecule has 6 heteroatoms. The molecule has 3 rings (SSSR count). The normalized spacial score (nSPS) is 16.5. The van der Waals surface area contributed by atoms with Gasteiger partial charge in [-0.1, -0.05) is 30.3 Å². The lowest BCUT2D eigenvalue weighted by atomic mass is 10.0. The van der Waals surface area contributed by atoms with E-state index < -0.39 is 6.43 Å². The fourth-order valence-corrected chi connectivity index (χ4v) is 3.56. The van der Waals surface area contributed by atoms with Crippen molar-refractivity contribution in [1.29, 1.82) is 0 Å². The fourth-order valence-electron chi connectivity index (χ4n) is 3.56. The summed E-state index contributed by atoms with van der Waals surface area (Å²) in [6, 6.07) is 14.1. The van der Waals surface area contributed by atoms with Crippen LogP contribution in [0.15, 0.2) is 42.5 Å². The minimum absolute atomic E-state index is 0.0420. The second-order valence-electron chi connectivity index (χ2n) is 6.95. The number of rotatable bonds is 6. The minimum Gasteiger partial charge on any atom is -0.325 e. The summed E-state index contributed by atoms with van der Waals surface area (Å²) in [6.07, 6.45) is -0.676. The predicted molar refractivity (Wildman–Crippen MR) is 101 cm³/mol. The molecule has 2 aromatic carbocycles. The van der Waals surface area contributed by atoms with Crippen molar-refractivity contribution in [2.45, 2.75) is 25.3 Å². The SMILES string of the molecule is CN(CC(F)F)C1CCN(CC(=O)Nc2ccc3ccccc3c2)CC1. The molecule has 1 aliphatic heterocycles. The molecule has 0 aromatic heterocycles. The van der Waals surface area contributed by atoms with Crippen molar-refractivity contribution in [3.8, 4) is 0 Å². The monoisotopic (exact) mass is 361 g/mol. The lowest BCUT2D eigenvalue weighted by molar-refractivity contribution is -0.117. The predicted octanol–water partition coefficient (Wildman–Crippen LogP) is 3.44. The van der Waals surface area contributed by atoms with Crippen LogP contribution in [-0.4, -0.2) is 61.4 Å². The van der Waals surface area contributed by atoms with Crippen molar-refractivity contribution in [2.24, 2.45) is 0 Å². The number of carbonyl (C=O) groups is 1. The Morgan fingerprint density at radius 2 is 1.88 bits per heavy atom. The van der Waals surface area contributed by atoms with Gasteiger partial charge in [0.25, 0.3) is 6.43 Å². The summed E-state index contributed by atoms with van der Waals surface area (Å²) in [5.74, 6) is -0.0420. The van der Waals surface area contributed by atoms with Crippen LogP contribution in [0, 0.1) is 0 Å². The highest BCUT2D eigenvalue weighted by Gasteiger charge is 2.25. The molecular formula is C20H25F2N3O. The summed E-state index contributed by atoms with van der Waals surface area (Å²) >= 11 is 0. The molecule has 0 spiro atoms. The average molecular weight is 361 g/mol. The summed E-state index contributed by atoms with van der Waals surface area (Å²) in [5, 5.41) is 5.18. The zero-order valence-corrected chi connectivity index (χ0v) is 15.0. The van der Waals surface area contributed by atoms with Gasteiger partial charge in [0.15, 0.2) is 0 Å². The molecule has 2 aromatic rings. The van der Waals surface area contributed by atoms with E-state index in [-0.39, 0.29) is 18.5 Å². The number of alkyl halides is 2. The van der Waals surface area contributed by atoms with Gasteiger partial charge in [-0.25, -0.2) is 8.78 Å². The minimum atomic E-state index is -2.30. The number of nitrogens with zero attached hydrogens (tertiary/aromatic N) is 2. The number of halogens is 2. The number of hydrogen-bond acceptors (Lipinski definition) is 3. The topological polar surface area (TPSA) is 35.6 Å². The van der Waals surface area contributed by atoms with Crippen molar-refractivity contribution in [1.82, 2.24) is 9.80 Å². The van der Waals surface area contributed by atoms with E-state index in [9.17, 15) is 13.6 Å². The van der Waals surface area contributed by atoms with E-state index in [1.54, 1.807) is 11.9 Å². The largest absolute Gasteiger partial charge is 0.325 e. The van der Waals surface area contributed by atoms with Gasteiger partial charge in [-0.3, -0.25) is 14.6 Å². The molecule has 4 nitrogen and oxygen atoms in total. The number of amides is 1. The first kappa shape index (κ1) is 18.7. The molecule has 0 aliphatic carbocycles. The Labute approximate surface area is 152 Å². The van der Waals surface area contributed by atoms with Gasteiger partial charge in [-0.2, -0.15) is 0 Å². The second-order valence-corrected chi connectivity index (χ2v) is 6.95. The van der Waals surface area contributed by atoms with E-state index in [2.05, 4.69) is 10.2 Å². The molecule has 26 heavy (non-hydrogen) atoms. The third-order valence-electron chi connectivity index (χ3n) is 5.01. The van der Waals surface area contributed by atoms with E-state index in [0.29, 0.717) is 6.54 Å². The van der Waals surface area contributed by atoms with Crippen LogP contribution in [0.1, 0.15) is 12.8 Å². The van der Waals surface area contributed by atoms with E-state index >= 15 is 0 Å². The van der Waals surface area contributed by atoms with Crippen molar-refractivity contribution < 1.29 is 13.6 Å². The number of anilines is 1. The molecule has 1 saturated heterocycles. The summed E-state index contributed by atoms with van der Waals surface area (Å²) in [7, 11) is 1.75. The van der Waals surface area contributed by atoms with E-state index in [0.717, 1.165) is 42.4 Å². The Kier molecular flexibility index (Phi) is 6.16. The first-order valence-electron chi connectivity index (χ1n) is 9.00. The van der Waals surface area contributed by atoms with Gasteiger partial charge < -0.3 is 5.32 Å². The standard InChI is InChI=1S/C20H25F2N3O/c1-24(13-19(21)22)18-8-10-25(11-9-18)14-20(26)23-17-7-6-15-4-2-3-5-16(15)12-17/h2-7,12,18-19H,8-11,13-14H2,1H3,(H,23,26). The van der Waals surface area contributed by atoms with Crippen LogP contribution in [0.5, 0.6) is 0 Å². The maximum absolute atomic E-state index is 12.5. The van der Waals surface area contributed by atoms with E-state index in [1.807, 2.05) is 42.5 Å². The van der Waals surface area contributed by atoms with Crippen molar-refractivity contribution >= 4 is 22.4 Å². The lowest BCUT2D eigenvalue weighted by Gasteiger charge is -2.36. The van der Waals surface area contributed by atoms with Crippen LogP contribution in [0.2, 0.25) is 0 Å². The first-order valence-corrected chi connectivity index (χ1v) is 9.00. The molecule has 0 radical (unpaired) electrons. The molecule has 0 saturated carbocycles. The molecule has 140 valence electrons. The molecule has 1 fully saturated rings. The maximum atomic E-state index is 12.5. The van der Waals surface area contributed by atoms with Crippen LogP contribution >= 0.6 is 0 Å². The molecule has 1 heterocycles. The summed E-state index contributed by atoms with van der Waals surface area (Å²) in [6.45, 7) is 1.65. The Balaban J connectivity index is 1.48. The zero-order chi connectivity index (χ0) is 18.5. The molecule has 1 amide bonds. The van der Waals surface area contributed by atoms with Crippen LogP contribution in [0.4, 0.5) is 14.5 Å². The number of nitrogens with one attached hydrogen (secondary N) is 1. The molecule has 0 unspecified atom stereocenters. The second kappa shape index (κ2) is 8.56. The molecule has 0 bridgehead atoms. The van der Waals surface area contributed by atoms with Gasteiger partial charge >= 0.3 is 0 Å². The summed E-state index contributed by atoms with van der Waals surface area (Å²) in [5.41, 5.74) is 0.792. The molecule has 1 N–H and O–H groups in total. The van der Waals surface area contributed by atoms with Gasteiger partial charge in [0, 0.05) is 24.8 Å². The van der Waals surface area contributed by atoms with Crippen molar-refractivity contribution in [3.63, 3.8) is 0 Å². The Hall–Kier alpha value is -2.05. The van der Waals surface area contributed by atoms with Crippen LogP contribution in [-0.2, 0) is 4.79 Å². The van der Waals surface area contributed by atoms with Gasteiger partial charge in [0.05, 0.1) is 13.1 Å². The smallest absolute Gasteiger partial charge is 0.251 e. The van der Waals surface area contributed by atoms with Gasteiger partial charge in [-0.15, -0.1) is 0 Å². The van der Waals surface area contributed by atoms with Crippen molar-refractivity contribution in [3.05, 3.63) is 42.5 Å². The average Bonchev–Trinajstić information content (AvgIpc) is 2.61. The number of benzene rings is 2. The molecule has 1 aliphatic rings. The zero-order valence-electron chi connectivity index (χ0n) is 15.0.